The molecule has 3 heterocycles. The number of carbonyl (C=O) groups is 1. The summed E-state index contributed by atoms with van der Waals surface area (Å²) in [5.41, 5.74) is 7.06. The molecule has 0 fully saturated rings. The number of aromatic nitrogens is 4. The van der Waals surface area contributed by atoms with Crippen molar-refractivity contribution in [1.29, 1.82) is 0 Å². The van der Waals surface area contributed by atoms with Crippen LogP contribution in [0.4, 0.5) is 20.3 Å². The number of halogens is 2. The number of benzene rings is 1. The predicted octanol–water partition coefficient (Wildman–Crippen LogP) is 2.13. The van der Waals surface area contributed by atoms with Gasteiger partial charge in [-0.15, -0.1) is 13.9 Å². The van der Waals surface area contributed by atoms with Crippen LogP contribution in [0, 0.1) is 6.92 Å². The van der Waals surface area contributed by atoms with Gasteiger partial charge in [-0.3, -0.25) is 4.79 Å². The average Bonchev–Trinajstić information content (AvgIpc) is 3.19. The van der Waals surface area contributed by atoms with Crippen LogP contribution >= 0.6 is 0 Å². The number of nitrogens with two attached hydrogens (primary N) is 1. The molecule has 11 heteroatoms. The topological polar surface area (TPSA) is 117 Å². The van der Waals surface area contributed by atoms with Crippen molar-refractivity contribution in [3.63, 3.8) is 0 Å². The number of nitrogens with one attached hydrogen (secondary N) is 1. The fourth-order valence-corrected chi connectivity index (χ4v) is 2.50. The highest BCUT2D eigenvalue weighted by Crippen LogP contribution is 2.42. The summed E-state index contributed by atoms with van der Waals surface area (Å²) in [5.74, 6) is -0.412. The van der Waals surface area contributed by atoms with E-state index in [2.05, 4.69) is 30.1 Å². The molecule has 1 aliphatic rings. The maximum atomic E-state index is 13.1. The predicted molar refractivity (Wildman–Crippen MR) is 88.3 cm³/mol. The second kappa shape index (κ2) is 5.90. The number of alkyl halides is 2. The van der Waals surface area contributed by atoms with Crippen molar-refractivity contribution in [3.8, 4) is 17.2 Å². The normalized spacial score (nSPS) is 14.2. The van der Waals surface area contributed by atoms with Crippen molar-refractivity contribution in [3.05, 3.63) is 47.9 Å². The van der Waals surface area contributed by atoms with Gasteiger partial charge >= 0.3 is 6.29 Å². The van der Waals surface area contributed by atoms with Gasteiger partial charge in [0.15, 0.2) is 17.2 Å². The van der Waals surface area contributed by atoms with Crippen molar-refractivity contribution < 1.29 is 23.0 Å². The first-order valence-corrected chi connectivity index (χ1v) is 7.67. The number of hydrogen-bond donors (Lipinski definition) is 2. The highest BCUT2D eigenvalue weighted by Gasteiger charge is 2.43. The van der Waals surface area contributed by atoms with Gasteiger partial charge in [0.2, 0.25) is 0 Å². The Hall–Kier alpha value is -3.76. The fraction of sp³-hybridized carbons (Fsp3) is 0.125. The molecule has 0 saturated heterocycles. The van der Waals surface area contributed by atoms with Crippen LogP contribution in [0.25, 0.3) is 5.69 Å². The van der Waals surface area contributed by atoms with E-state index in [1.807, 2.05) is 0 Å². The molecule has 4 rings (SSSR count). The minimum absolute atomic E-state index is 0.0254. The van der Waals surface area contributed by atoms with Crippen LogP contribution < -0.4 is 20.5 Å². The number of primary amides is 1. The summed E-state index contributed by atoms with van der Waals surface area (Å²) >= 11 is 0. The van der Waals surface area contributed by atoms with Crippen molar-refractivity contribution >= 4 is 17.4 Å². The van der Waals surface area contributed by atoms with Gasteiger partial charge < -0.3 is 20.5 Å². The van der Waals surface area contributed by atoms with Crippen LogP contribution in [0.15, 0.2) is 36.7 Å². The number of carbonyl (C=O) groups excluding carboxylic acids is 1. The maximum Gasteiger partial charge on any atom is 0.586 e. The summed E-state index contributed by atoms with van der Waals surface area (Å²) in [7, 11) is 0. The minimum atomic E-state index is -3.68. The Labute approximate surface area is 150 Å². The van der Waals surface area contributed by atoms with Crippen LogP contribution in [-0.4, -0.2) is 32.2 Å². The lowest BCUT2D eigenvalue weighted by Gasteiger charge is -2.10. The Bertz CT molecular complexity index is 1050. The van der Waals surface area contributed by atoms with Crippen LogP contribution in [0.1, 0.15) is 16.1 Å². The Morgan fingerprint density at radius 1 is 1.26 bits per heavy atom. The summed E-state index contributed by atoms with van der Waals surface area (Å²) in [5, 5.41) is 10.5. The number of pyridine rings is 1. The van der Waals surface area contributed by atoms with Gasteiger partial charge in [0.05, 0.1) is 11.9 Å². The third-order valence-electron chi connectivity index (χ3n) is 3.74. The van der Waals surface area contributed by atoms with Gasteiger partial charge in [0.1, 0.15) is 5.82 Å². The molecule has 1 aliphatic heterocycles. The Balaban J connectivity index is 1.61. The van der Waals surface area contributed by atoms with E-state index in [0.29, 0.717) is 17.2 Å². The van der Waals surface area contributed by atoms with Gasteiger partial charge in [-0.25, -0.2) is 9.67 Å². The van der Waals surface area contributed by atoms with Gasteiger partial charge in [-0.1, -0.05) is 5.21 Å². The number of fused-ring (bicyclic) bond motifs is 1. The first kappa shape index (κ1) is 16.7. The average molecular weight is 374 g/mol. The van der Waals surface area contributed by atoms with Crippen molar-refractivity contribution in [2.24, 2.45) is 5.73 Å². The summed E-state index contributed by atoms with van der Waals surface area (Å²) < 4.78 is 36.4. The second-order valence-electron chi connectivity index (χ2n) is 5.72. The van der Waals surface area contributed by atoms with Crippen molar-refractivity contribution in [2.75, 3.05) is 5.32 Å². The summed E-state index contributed by atoms with van der Waals surface area (Å²) in [6, 6.07) is 5.95. The van der Waals surface area contributed by atoms with E-state index in [0.717, 1.165) is 5.56 Å². The van der Waals surface area contributed by atoms with Crippen LogP contribution in [0.3, 0.4) is 0 Å². The van der Waals surface area contributed by atoms with Gasteiger partial charge in [-0.2, -0.15) is 0 Å². The Morgan fingerprint density at radius 3 is 2.78 bits per heavy atom. The zero-order valence-corrected chi connectivity index (χ0v) is 13.8. The molecule has 0 spiro atoms. The van der Waals surface area contributed by atoms with Crippen LogP contribution in [0.5, 0.6) is 11.5 Å². The molecule has 3 N–H and O–H groups in total. The lowest BCUT2D eigenvalue weighted by Crippen LogP contribution is -2.25. The molecule has 0 aliphatic carbocycles. The highest BCUT2D eigenvalue weighted by atomic mass is 19.3. The Kier molecular flexibility index (Phi) is 3.65. The molecule has 0 unspecified atom stereocenters. The van der Waals surface area contributed by atoms with Gasteiger partial charge in [0.25, 0.3) is 5.91 Å². The minimum Gasteiger partial charge on any atom is -0.395 e. The highest BCUT2D eigenvalue weighted by molar-refractivity contribution is 5.90. The van der Waals surface area contributed by atoms with Gasteiger partial charge in [-0.05, 0) is 24.6 Å². The molecule has 138 valence electrons. The van der Waals surface area contributed by atoms with Crippen LogP contribution in [0.2, 0.25) is 0 Å². The number of nitrogens with zero attached hydrogens (tertiary/aromatic N) is 4. The largest absolute Gasteiger partial charge is 0.586 e. The van der Waals surface area contributed by atoms with E-state index in [4.69, 9.17) is 5.73 Å². The summed E-state index contributed by atoms with van der Waals surface area (Å²) in [4.78, 5) is 15.4. The molecule has 0 radical (unpaired) electrons. The fourth-order valence-electron chi connectivity index (χ4n) is 2.50. The second-order valence-corrected chi connectivity index (χ2v) is 5.72. The number of anilines is 2. The molecule has 0 atom stereocenters. The molecular weight excluding hydrogens is 362 g/mol. The number of amides is 1. The van der Waals surface area contributed by atoms with Crippen LogP contribution in [-0.2, 0) is 0 Å². The standard InChI is InChI=1S/C16H12F2N6O3/c1-8-6-20-14(5-11(8)24-7-10(15(19)25)22-23-24)21-9-2-3-12-13(4-9)27-16(17,18)26-12/h2-7H,1H3,(H2,19,25)(H,20,21). The molecule has 2 aromatic heterocycles. The number of ether oxygens (including phenoxy) is 2. The quantitative estimate of drug-likeness (QED) is 0.718. The lowest BCUT2D eigenvalue weighted by molar-refractivity contribution is -0.286. The number of hydrogen-bond acceptors (Lipinski definition) is 7. The first-order valence-electron chi connectivity index (χ1n) is 7.67. The first-order chi connectivity index (χ1) is 12.8. The Morgan fingerprint density at radius 2 is 2.04 bits per heavy atom. The summed E-state index contributed by atoms with van der Waals surface area (Å²) in [6.07, 6.45) is -0.691. The maximum absolute atomic E-state index is 13.1. The molecule has 1 aromatic carbocycles. The van der Waals surface area contributed by atoms with Crippen molar-refractivity contribution in [1.82, 2.24) is 20.0 Å². The van der Waals surface area contributed by atoms with E-state index in [-0.39, 0.29) is 17.2 Å². The zero-order valence-electron chi connectivity index (χ0n) is 13.8. The molecule has 1 amide bonds. The van der Waals surface area contributed by atoms with E-state index >= 15 is 0 Å². The SMILES string of the molecule is Cc1cnc(Nc2ccc3c(c2)OC(F)(F)O3)cc1-n1cc(C(N)=O)nn1. The monoisotopic (exact) mass is 374 g/mol. The number of rotatable bonds is 4. The summed E-state index contributed by atoms with van der Waals surface area (Å²) in [6.45, 7) is 1.81. The molecule has 27 heavy (non-hydrogen) atoms. The molecule has 3 aromatic rings. The number of aryl methyl sites for hydroxylation is 1. The third kappa shape index (κ3) is 3.21. The molecule has 0 bridgehead atoms. The van der Waals surface area contributed by atoms with E-state index < -0.39 is 12.2 Å². The molecular formula is C16H12F2N6O3. The van der Waals surface area contributed by atoms with E-state index in [9.17, 15) is 13.6 Å². The third-order valence-corrected chi connectivity index (χ3v) is 3.74. The van der Waals surface area contributed by atoms with E-state index in [1.165, 1.54) is 23.0 Å². The zero-order chi connectivity index (χ0) is 19.2. The smallest absolute Gasteiger partial charge is 0.395 e. The molecule has 9 nitrogen and oxygen atoms in total. The van der Waals surface area contributed by atoms with Crippen molar-refractivity contribution in [2.45, 2.75) is 13.2 Å². The van der Waals surface area contributed by atoms with E-state index in [1.54, 1.807) is 25.3 Å². The lowest BCUT2D eigenvalue weighted by atomic mass is 10.2. The molecule has 0 saturated carbocycles. The van der Waals surface area contributed by atoms with Gasteiger partial charge in [0, 0.05) is 24.0 Å².